The quantitative estimate of drug-likeness (QED) is 0.912. The van der Waals surface area contributed by atoms with Gasteiger partial charge < -0.3 is 5.11 Å². The SMILES string of the molecule is CC1SCC(C(=O)O)N1S(=O)(=O)c1ccc(F)cc1F. The largest absolute Gasteiger partial charge is 0.480 e. The maximum Gasteiger partial charge on any atom is 0.322 e. The highest BCUT2D eigenvalue weighted by molar-refractivity contribution is 8.01. The Morgan fingerprint density at radius 2 is 2.10 bits per heavy atom. The Morgan fingerprint density at radius 3 is 2.65 bits per heavy atom. The lowest BCUT2D eigenvalue weighted by molar-refractivity contribution is -0.140. The lowest BCUT2D eigenvalue weighted by Gasteiger charge is -2.24. The number of carboxylic acids is 1. The van der Waals surface area contributed by atoms with E-state index in [0.717, 1.165) is 28.2 Å². The van der Waals surface area contributed by atoms with Crippen molar-refractivity contribution in [3.63, 3.8) is 0 Å². The van der Waals surface area contributed by atoms with E-state index in [0.29, 0.717) is 6.07 Å². The van der Waals surface area contributed by atoms with E-state index in [9.17, 15) is 22.0 Å². The Bertz CT molecular complexity index is 650. The second kappa shape index (κ2) is 5.30. The summed E-state index contributed by atoms with van der Waals surface area (Å²) in [6.07, 6.45) is 0. The Morgan fingerprint density at radius 1 is 1.45 bits per heavy atom. The molecule has 1 aliphatic heterocycles. The minimum absolute atomic E-state index is 0.0819. The molecule has 1 fully saturated rings. The number of sulfonamides is 1. The van der Waals surface area contributed by atoms with Crippen LogP contribution in [-0.4, -0.2) is 41.0 Å². The molecule has 2 unspecified atom stereocenters. The molecule has 0 radical (unpaired) electrons. The smallest absolute Gasteiger partial charge is 0.322 e. The van der Waals surface area contributed by atoms with Crippen molar-refractivity contribution in [3.05, 3.63) is 29.8 Å². The first-order valence-corrected chi connectivity index (χ1v) is 8.07. The summed E-state index contributed by atoms with van der Waals surface area (Å²) in [7, 11) is -4.34. The molecule has 0 spiro atoms. The predicted molar refractivity (Wildman–Crippen MR) is 68.7 cm³/mol. The molecule has 0 bridgehead atoms. The highest BCUT2D eigenvalue weighted by Gasteiger charge is 2.45. The van der Waals surface area contributed by atoms with Gasteiger partial charge in [0.1, 0.15) is 22.6 Å². The molecule has 2 atom stereocenters. The van der Waals surface area contributed by atoms with Gasteiger partial charge in [0.25, 0.3) is 0 Å². The summed E-state index contributed by atoms with van der Waals surface area (Å²) >= 11 is 1.14. The molecular formula is C11H11F2NO4S2. The number of nitrogens with zero attached hydrogens (tertiary/aromatic N) is 1. The highest BCUT2D eigenvalue weighted by Crippen LogP contribution is 2.35. The molecule has 2 rings (SSSR count). The molecular weight excluding hydrogens is 312 g/mol. The van der Waals surface area contributed by atoms with Gasteiger partial charge in [0.2, 0.25) is 10.0 Å². The van der Waals surface area contributed by atoms with Gasteiger partial charge in [0, 0.05) is 11.8 Å². The lowest BCUT2D eigenvalue weighted by Crippen LogP contribution is -2.44. The number of hydrogen-bond donors (Lipinski definition) is 1. The van der Waals surface area contributed by atoms with Gasteiger partial charge in [-0.1, -0.05) is 0 Å². The van der Waals surface area contributed by atoms with E-state index in [1.54, 1.807) is 0 Å². The molecule has 20 heavy (non-hydrogen) atoms. The summed E-state index contributed by atoms with van der Waals surface area (Å²) in [4.78, 5) is 10.4. The molecule has 110 valence electrons. The van der Waals surface area contributed by atoms with Gasteiger partial charge in [-0.05, 0) is 19.1 Å². The molecule has 1 saturated heterocycles. The van der Waals surface area contributed by atoms with Crippen molar-refractivity contribution in [1.82, 2.24) is 4.31 Å². The number of rotatable bonds is 3. The molecule has 9 heteroatoms. The Kier molecular flexibility index (Phi) is 4.03. The molecule has 1 N–H and O–H groups in total. The number of carbonyl (C=O) groups is 1. The molecule has 5 nitrogen and oxygen atoms in total. The number of benzene rings is 1. The molecule has 0 aliphatic carbocycles. The fraction of sp³-hybridized carbons (Fsp3) is 0.364. The van der Waals surface area contributed by atoms with E-state index in [1.807, 2.05) is 0 Å². The van der Waals surface area contributed by atoms with Crippen molar-refractivity contribution in [2.45, 2.75) is 23.2 Å². The zero-order valence-electron chi connectivity index (χ0n) is 10.3. The normalized spacial score (nSPS) is 23.9. The molecule has 1 aromatic carbocycles. The summed E-state index contributed by atoms with van der Waals surface area (Å²) in [5.74, 6) is -3.36. The van der Waals surface area contributed by atoms with Crippen LogP contribution in [0.4, 0.5) is 8.78 Å². The molecule has 1 aromatic rings. The first kappa shape index (κ1) is 15.2. The van der Waals surface area contributed by atoms with Gasteiger partial charge in [-0.2, -0.15) is 4.31 Å². The zero-order chi connectivity index (χ0) is 15.1. The average molecular weight is 323 g/mol. The lowest BCUT2D eigenvalue weighted by atomic mass is 10.3. The maximum atomic E-state index is 13.7. The van der Waals surface area contributed by atoms with Crippen molar-refractivity contribution in [2.75, 3.05) is 5.75 Å². The van der Waals surface area contributed by atoms with E-state index >= 15 is 0 Å². The third-order valence-electron chi connectivity index (χ3n) is 2.90. The van der Waals surface area contributed by atoms with Crippen LogP contribution in [0.3, 0.4) is 0 Å². The fourth-order valence-electron chi connectivity index (χ4n) is 1.97. The Hall–Kier alpha value is -1.19. The van der Waals surface area contributed by atoms with Crippen LogP contribution >= 0.6 is 11.8 Å². The van der Waals surface area contributed by atoms with Crippen molar-refractivity contribution in [2.24, 2.45) is 0 Å². The third-order valence-corrected chi connectivity index (χ3v) is 6.26. The number of thioether (sulfide) groups is 1. The van der Waals surface area contributed by atoms with Gasteiger partial charge in [0.05, 0.1) is 5.37 Å². The van der Waals surface area contributed by atoms with Crippen molar-refractivity contribution < 1.29 is 27.1 Å². The minimum Gasteiger partial charge on any atom is -0.480 e. The van der Waals surface area contributed by atoms with E-state index < -0.39 is 43.9 Å². The fourth-order valence-corrected chi connectivity index (χ4v) is 5.31. The monoisotopic (exact) mass is 323 g/mol. The predicted octanol–water partition coefficient (Wildman–Crippen LogP) is 1.50. The summed E-state index contributed by atoms with van der Waals surface area (Å²) in [6, 6.07) is 0.814. The van der Waals surface area contributed by atoms with Gasteiger partial charge in [-0.25, -0.2) is 17.2 Å². The van der Waals surface area contributed by atoms with Crippen LogP contribution in [-0.2, 0) is 14.8 Å². The van der Waals surface area contributed by atoms with Crippen molar-refractivity contribution >= 4 is 27.8 Å². The summed E-state index contributed by atoms with van der Waals surface area (Å²) in [5, 5.41) is 8.42. The Labute approximate surface area is 118 Å². The first-order chi connectivity index (χ1) is 9.25. The van der Waals surface area contributed by atoms with Crippen molar-refractivity contribution in [1.29, 1.82) is 0 Å². The molecule has 1 aliphatic rings. The summed E-state index contributed by atoms with van der Waals surface area (Å²) < 4.78 is 52.0. The van der Waals surface area contributed by atoms with E-state index in [4.69, 9.17) is 5.11 Å². The first-order valence-electron chi connectivity index (χ1n) is 5.58. The van der Waals surface area contributed by atoms with E-state index in [-0.39, 0.29) is 5.75 Å². The topological polar surface area (TPSA) is 74.7 Å². The number of aliphatic carboxylic acids is 1. The van der Waals surface area contributed by atoms with Crippen LogP contribution in [0.5, 0.6) is 0 Å². The number of carboxylic acid groups (broad SMARTS) is 1. The van der Waals surface area contributed by atoms with Crippen LogP contribution in [0.1, 0.15) is 6.92 Å². The molecule has 0 amide bonds. The van der Waals surface area contributed by atoms with Crippen LogP contribution in [0.25, 0.3) is 0 Å². The standard InChI is InChI=1S/C11H11F2NO4S2/c1-6-14(9(5-19-6)11(15)16)20(17,18)10-3-2-7(12)4-8(10)13/h2-4,6,9H,5H2,1H3,(H,15,16). The molecule has 1 heterocycles. The average Bonchev–Trinajstić information content (AvgIpc) is 2.71. The van der Waals surface area contributed by atoms with Crippen LogP contribution < -0.4 is 0 Å². The van der Waals surface area contributed by atoms with Crippen LogP contribution in [0, 0.1) is 11.6 Å². The minimum atomic E-state index is -4.34. The summed E-state index contributed by atoms with van der Waals surface area (Å²) in [6.45, 7) is 1.52. The van der Waals surface area contributed by atoms with Crippen LogP contribution in [0.2, 0.25) is 0 Å². The number of hydrogen-bond acceptors (Lipinski definition) is 4. The summed E-state index contributed by atoms with van der Waals surface area (Å²) in [5.41, 5.74) is 0. The molecule has 0 aromatic heterocycles. The zero-order valence-corrected chi connectivity index (χ0v) is 11.9. The van der Waals surface area contributed by atoms with E-state index in [1.165, 1.54) is 6.92 Å². The van der Waals surface area contributed by atoms with Crippen LogP contribution in [0.15, 0.2) is 23.1 Å². The van der Waals surface area contributed by atoms with Gasteiger partial charge in [0.15, 0.2) is 0 Å². The maximum absolute atomic E-state index is 13.7. The van der Waals surface area contributed by atoms with Crippen molar-refractivity contribution in [3.8, 4) is 0 Å². The van der Waals surface area contributed by atoms with Gasteiger partial charge >= 0.3 is 5.97 Å². The van der Waals surface area contributed by atoms with Gasteiger partial charge in [-0.3, -0.25) is 4.79 Å². The highest BCUT2D eigenvalue weighted by atomic mass is 32.2. The molecule has 0 saturated carbocycles. The van der Waals surface area contributed by atoms with E-state index in [2.05, 4.69) is 0 Å². The van der Waals surface area contributed by atoms with Gasteiger partial charge in [-0.15, -0.1) is 11.8 Å². The second-order valence-electron chi connectivity index (χ2n) is 4.20. The second-order valence-corrected chi connectivity index (χ2v) is 7.36. The number of halogens is 2. The Balaban J connectivity index is 2.51. The third kappa shape index (κ3) is 2.52.